The molecule has 0 spiro atoms. The Hall–Kier alpha value is -3.64. The number of amides is 3. The van der Waals surface area contributed by atoms with Crippen LogP contribution in [0.2, 0.25) is 0 Å². The number of urea groups is 1. The minimum Gasteiger partial charge on any atom is -0.359 e. The van der Waals surface area contributed by atoms with Gasteiger partial charge in [0.2, 0.25) is 0 Å². The van der Waals surface area contributed by atoms with E-state index in [2.05, 4.69) is 16.7 Å². The molecule has 3 aromatic carbocycles. The van der Waals surface area contributed by atoms with Crippen LogP contribution in [0.15, 0.2) is 78.9 Å². The molecule has 1 heterocycles. The standard InChI is InChI=1S/C25H23N3O3/c29-23(26-21-16-8-10-17-9-4-5-13-19(17)21)25(31)20-14-6-7-15-22(20)27-24(30)28(25)18-11-2-1-3-12-18/h1-7,9,11-15,21,31H,8,10,16H2,(H,26,29)(H,27,30)/t21-,25+/m0/s1. The molecule has 1 aliphatic heterocycles. The molecule has 3 amide bonds. The second-order valence-electron chi connectivity index (χ2n) is 7.94. The number of nitrogens with one attached hydrogen (secondary N) is 2. The number of para-hydroxylation sites is 2. The molecule has 156 valence electrons. The van der Waals surface area contributed by atoms with Gasteiger partial charge in [0.15, 0.2) is 0 Å². The number of carbonyl (C=O) groups excluding carboxylic acids is 2. The summed E-state index contributed by atoms with van der Waals surface area (Å²) in [6.45, 7) is 0. The number of aliphatic hydroxyl groups is 1. The largest absolute Gasteiger partial charge is 0.359 e. The van der Waals surface area contributed by atoms with Gasteiger partial charge in [-0.05, 0) is 48.6 Å². The predicted molar refractivity (Wildman–Crippen MR) is 119 cm³/mol. The topological polar surface area (TPSA) is 81.7 Å². The lowest BCUT2D eigenvalue weighted by atomic mass is 9.87. The van der Waals surface area contributed by atoms with E-state index in [1.54, 1.807) is 48.5 Å². The Morgan fingerprint density at radius 2 is 1.71 bits per heavy atom. The molecule has 3 aromatic rings. The summed E-state index contributed by atoms with van der Waals surface area (Å²) in [5.41, 5.74) is 1.25. The van der Waals surface area contributed by atoms with Crippen LogP contribution in [0.5, 0.6) is 0 Å². The number of anilines is 2. The van der Waals surface area contributed by atoms with Gasteiger partial charge in [-0.2, -0.15) is 0 Å². The van der Waals surface area contributed by atoms with Gasteiger partial charge < -0.3 is 15.7 Å². The molecular weight excluding hydrogens is 390 g/mol. The zero-order valence-electron chi connectivity index (χ0n) is 16.9. The van der Waals surface area contributed by atoms with Crippen molar-refractivity contribution in [3.05, 3.63) is 95.6 Å². The first kappa shape index (κ1) is 19.3. The molecule has 0 bridgehead atoms. The molecule has 2 aliphatic rings. The van der Waals surface area contributed by atoms with E-state index >= 15 is 0 Å². The molecule has 0 aromatic heterocycles. The van der Waals surface area contributed by atoms with E-state index in [1.165, 1.54) is 5.56 Å². The second-order valence-corrected chi connectivity index (χ2v) is 7.94. The van der Waals surface area contributed by atoms with Crippen LogP contribution >= 0.6 is 0 Å². The zero-order chi connectivity index (χ0) is 21.4. The fraction of sp³-hybridized carbons (Fsp3) is 0.200. The molecule has 0 fully saturated rings. The Labute approximate surface area is 180 Å². The Morgan fingerprint density at radius 1 is 1.00 bits per heavy atom. The maximum atomic E-state index is 13.7. The first-order valence-corrected chi connectivity index (χ1v) is 10.5. The number of hydrogen-bond donors (Lipinski definition) is 3. The molecule has 2 atom stereocenters. The first-order valence-electron chi connectivity index (χ1n) is 10.5. The van der Waals surface area contributed by atoms with Crippen molar-refractivity contribution in [1.82, 2.24) is 5.32 Å². The van der Waals surface area contributed by atoms with Crippen molar-refractivity contribution >= 4 is 23.3 Å². The van der Waals surface area contributed by atoms with Crippen LogP contribution in [-0.2, 0) is 16.9 Å². The number of aryl methyl sites for hydroxylation is 1. The van der Waals surface area contributed by atoms with Crippen molar-refractivity contribution in [3.63, 3.8) is 0 Å². The Bertz CT molecular complexity index is 1150. The van der Waals surface area contributed by atoms with Crippen molar-refractivity contribution in [2.45, 2.75) is 31.0 Å². The third-order valence-electron chi connectivity index (χ3n) is 6.08. The van der Waals surface area contributed by atoms with Crippen LogP contribution in [0.3, 0.4) is 0 Å². The van der Waals surface area contributed by atoms with Crippen LogP contribution in [0.1, 0.15) is 35.6 Å². The van der Waals surface area contributed by atoms with E-state index in [4.69, 9.17) is 0 Å². The Kier molecular flexibility index (Phi) is 4.71. The normalized spacial score (nSPS) is 22.2. The summed E-state index contributed by atoms with van der Waals surface area (Å²) in [5, 5.41) is 17.7. The van der Waals surface area contributed by atoms with Gasteiger partial charge in [0.25, 0.3) is 11.6 Å². The molecule has 5 rings (SSSR count). The molecule has 0 saturated carbocycles. The van der Waals surface area contributed by atoms with Crippen LogP contribution in [0.4, 0.5) is 16.2 Å². The maximum absolute atomic E-state index is 13.7. The zero-order valence-corrected chi connectivity index (χ0v) is 16.9. The summed E-state index contributed by atoms with van der Waals surface area (Å²) in [6.07, 6.45) is 2.69. The van der Waals surface area contributed by atoms with Gasteiger partial charge in [-0.25, -0.2) is 4.79 Å². The lowest BCUT2D eigenvalue weighted by molar-refractivity contribution is -0.141. The number of nitrogens with zero attached hydrogens (tertiary/aromatic N) is 1. The summed E-state index contributed by atoms with van der Waals surface area (Å²) in [6, 6.07) is 22.8. The minimum absolute atomic E-state index is 0.226. The van der Waals surface area contributed by atoms with E-state index in [9.17, 15) is 14.7 Å². The molecule has 1 aliphatic carbocycles. The second kappa shape index (κ2) is 7.56. The fourth-order valence-electron chi connectivity index (χ4n) is 4.60. The molecule has 6 heteroatoms. The van der Waals surface area contributed by atoms with Gasteiger partial charge in [0, 0.05) is 11.3 Å². The highest BCUT2D eigenvalue weighted by atomic mass is 16.3. The third kappa shape index (κ3) is 3.16. The van der Waals surface area contributed by atoms with Crippen molar-refractivity contribution in [2.24, 2.45) is 0 Å². The first-order chi connectivity index (χ1) is 15.1. The Balaban J connectivity index is 1.59. The van der Waals surface area contributed by atoms with Gasteiger partial charge in [0.05, 0.1) is 11.7 Å². The highest BCUT2D eigenvalue weighted by Crippen LogP contribution is 2.40. The minimum atomic E-state index is -2.19. The number of fused-ring (bicyclic) bond motifs is 2. The average Bonchev–Trinajstić information content (AvgIpc) is 2.80. The highest BCUT2D eigenvalue weighted by molar-refractivity contribution is 6.11. The summed E-state index contributed by atoms with van der Waals surface area (Å²) in [4.78, 5) is 27.9. The molecule has 6 nitrogen and oxygen atoms in total. The van der Waals surface area contributed by atoms with Crippen molar-refractivity contribution in [1.29, 1.82) is 0 Å². The smallest absolute Gasteiger partial charge is 0.329 e. The molecular formula is C25H23N3O3. The summed E-state index contributed by atoms with van der Waals surface area (Å²) < 4.78 is 0. The predicted octanol–water partition coefficient (Wildman–Crippen LogP) is 4.08. The molecule has 0 radical (unpaired) electrons. The molecule has 3 N–H and O–H groups in total. The number of rotatable bonds is 3. The number of benzene rings is 3. The fourth-order valence-corrected chi connectivity index (χ4v) is 4.60. The Morgan fingerprint density at radius 3 is 2.55 bits per heavy atom. The van der Waals surface area contributed by atoms with Gasteiger partial charge in [0.1, 0.15) is 0 Å². The van der Waals surface area contributed by atoms with Gasteiger partial charge in [-0.1, -0.05) is 60.7 Å². The van der Waals surface area contributed by atoms with E-state index < -0.39 is 17.7 Å². The van der Waals surface area contributed by atoms with Crippen LogP contribution in [0.25, 0.3) is 0 Å². The van der Waals surface area contributed by atoms with Crippen molar-refractivity contribution < 1.29 is 14.7 Å². The van der Waals surface area contributed by atoms with E-state index in [0.29, 0.717) is 16.9 Å². The molecule has 31 heavy (non-hydrogen) atoms. The number of hydrogen-bond acceptors (Lipinski definition) is 3. The van der Waals surface area contributed by atoms with E-state index in [0.717, 1.165) is 29.7 Å². The van der Waals surface area contributed by atoms with Gasteiger partial charge >= 0.3 is 6.03 Å². The van der Waals surface area contributed by atoms with Crippen molar-refractivity contribution in [2.75, 3.05) is 10.2 Å². The lowest BCUT2D eigenvalue weighted by Gasteiger charge is -2.43. The summed E-state index contributed by atoms with van der Waals surface area (Å²) in [7, 11) is 0. The lowest BCUT2D eigenvalue weighted by Crippen LogP contribution is -2.63. The SMILES string of the molecule is O=C1Nc2ccccc2[C@@](O)(C(=O)N[C@H]2CCCc3ccccc32)N1c1ccccc1. The van der Waals surface area contributed by atoms with Gasteiger partial charge in [-0.3, -0.25) is 9.69 Å². The summed E-state index contributed by atoms with van der Waals surface area (Å²) in [5.74, 6) is -0.625. The quantitative estimate of drug-likeness (QED) is 0.605. The molecule has 0 unspecified atom stereocenters. The van der Waals surface area contributed by atoms with E-state index in [1.807, 2.05) is 24.3 Å². The van der Waals surface area contributed by atoms with Crippen LogP contribution in [0, 0.1) is 0 Å². The maximum Gasteiger partial charge on any atom is 0.329 e. The monoisotopic (exact) mass is 413 g/mol. The molecule has 0 saturated heterocycles. The number of carbonyl (C=O) groups is 2. The van der Waals surface area contributed by atoms with Gasteiger partial charge in [-0.15, -0.1) is 0 Å². The van der Waals surface area contributed by atoms with Crippen LogP contribution < -0.4 is 15.5 Å². The average molecular weight is 413 g/mol. The van der Waals surface area contributed by atoms with E-state index in [-0.39, 0.29) is 6.04 Å². The summed E-state index contributed by atoms with van der Waals surface area (Å²) >= 11 is 0. The third-order valence-corrected chi connectivity index (χ3v) is 6.08. The van der Waals surface area contributed by atoms with Crippen molar-refractivity contribution in [3.8, 4) is 0 Å². The van der Waals surface area contributed by atoms with Crippen LogP contribution in [-0.4, -0.2) is 17.0 Å². The highest BCUT2D eigenvalue weighted by Gasteiger charge is 2.52.